The van der Waals surface area contributed by atoms with Crippen LogP contribution in [0.4, 0.5) is 9.59 Å². The average molecular weight is 1820 g/mol. The highest BCUT2D eigenvalue weighted by Gasteiger charge is 2.51. The highest BCUT2D eigenvalue weighted by molar-refractivity contribution is 7.48. The van der Waals surface area contributed by atoms with Gasteiger partial charge in [0.05, 0.1) is 45.7 Å². The molecule has 0 aliphatic heterocycles. The number of rotatable bonds is 78. The molecule has 0 spiro atoms. The van der Waals surface area contributed by atoms with Crippen LogP contribution in [-0.2, 0) is 69.4 Å². The van der Waals surface area contributed by atoms with Gasteiger partial charge in [0.15, 0.2) is 0 Å². The van der Waals surface area contributed by atoms with Crippen LogP contribution >= 0.6 is 15.6 Å². The first-order valence-electron chi connectivity index (χ1n) is 48.7. The Labute approximate surface area is 759 Å². The second-order valence-corrected chi connectivity index (χ2v) is 44.0. The quantitative estimate of drug-likeness (QED) is 0.0140. The topological polar surface area (TPSA) is 312 Å². The predicted octanol–water partition coefficient (Wildman–Crippen LogP) is 23.2. The maximum absolute atomic E-state index is 14.2. The number of amides is 6. The van der Waals surface area contributed by atoms with E-state index in [-0.39, 0.29) is 88.4 Å². The van der Waals surface area contributed by atoms with Gasteiger partial charge in [-0.3, -0.25) is 46.3 Å². The minimum absolute atomic E-state index is 0.0410. The second-order valence-electron chi connectivity index (χ2n) is 36.4. The van der Waals surface area contributed by atoms with E-state index in [9.17, 15) is 43.0 Å². The molecule has 0 fully saturated rings. The van der Waals surface area contributed by atoms with E-state index in [1.165, 1.54) is 202 Å². The van der Waals surface area contributed by atoms with Gasteiger partial charge in [0.25, 0.3) is 8.32 Å². The second kappa shape index (κ2) is 73.4. The highest BCUT2D eigenvalue weighted by atomic mass is 31.2. The molecule has 6 amide bonds. The molecule has 4 unspecified atom stereocenters. The van der Waals surface area contributed by atoms with E-state index in [1.807, 2.05) is 12.1 Å². The molecule has 24 nitrogen and oxygen atoms in total. The average Bonchev–Trinajstić information content (AvgIpc) is 0.743. The number of hydrogen-bond donors (Lipinski definition) is 7. The van der Waals surface area contributed by atoms with E-state index in [4.69, 9.17) is 41.0 Å². The van der Waals surface area contributed by atoms with Crippen molar-refractivity contribution in [2.75, 3.05) is 65.8 Å². The lowest BCUT2D eigenvalue weighted by Gasteiger charge is -2.45. The van der Waals surface area contributed by atoms with Crippen molar-refractivity contribution in [2.24, 2.45) is 0 Å². The Hall–Kier alpha value is -5.30. The maximum Gasteiger partial charge on any atom is 0.475 e. The van der Waals surface area contributed by atoms with Crippen molar-refractivity contribution in [1.82, 2.24) is 31.9 Å². The molecule has 0 bridgehead atoms. The molecule has 2 aromatic carbocycles. The third kappa shape index (κ3) is 62.6. The number of phosphoric ester groups is 2. The van der Waals surface area contributed by atoms with Gasteiger partial charge >= 0.3 is 27.8 Å². The molecule has 0 saturated heterocycles. The van der Waals surface area contributed by atoms with Crippen molar-refractivity contribution in [1.29, 1.82) is 0 Å². The molecule has 7 N–H and O–H groups in total. The van der Waals surface area contributed by atoms with Crippen LogP contribution in [0.3, 0.4) is 0 Å². The molecular formula is C98H178N6O18P2Si. The summed E-state index contributed by atoms with van der Waals surface area (Å²) in [5.41, 5.74) is -1.39. The molecule has 2 aromatic rings. The van der Waals surface area contributed by atoms with Gasteiger partial charge in [0, 0.05) is 45.1 Å². The monoisotopic (exact) mass is 1820 g/mol. The molecular weight excluding hydrogens is 1640 g/mol. The number of alkyl carbamates (subject to hydrolysis) is 2. The van der Waals surface area contributed by atoms with Gasteiger partial charge in [-0.1, -0.05) is 365 Å². The van der Waals surface area contributed by atoms with Crippen molar-refractivity contribution in [2.45, 2.75) is 426 Å². The summed E-state index contributed by atoms with van der Waals surface area (Å²) in [7, 11) is -11.4. The number of aliphatic hydroxyl groups excluding tert-OH is 1. The van der Waals surface area contributed by atoms with Crippen LogP contribution in [0.5, 0.6) is 0 Å². The first-order chi connectivity index (χ1) is 59.8. The Bertz CT molecular complexity index is 3140. The van der Waals surface area contributed by atoms with Crippen LogP contribution in [0.1, 0.15) is 385 Å². The summed E-state index contributed by atoms with van der Waals surface area (Å²) >= 11 is 0. The van der Waals surface area contributed by atoms with Crippen molar-refractivity contribution < 1.29 is 84.0 Å². The zero-order chi connectivity index (χ0) is 92.6. The Balaban J connectivity index is 0.00000130. The summed E-state index contributed by atoms with van der Waals surface area (Å²) in [6.45, 7) is 32.1. The highest BCUT2D eigenvalue weighted by Crippen LogP contribution is 2.50. The van der Waals surface area contributed by atoms with Crippen molar-refractivity contribution in [3.05, 3.63) is 86.0 Å². The Kier molecular flexibility index (Phi) is 69.1. The molecule has 27 heteroatoms. The first-order valence-corrected chi connectivity index (χ1v) is 53.5. The first kappa shape index (κ1) is 118. The van der Waals surface area contributed by atoms with Crippen LogP contribution in [0.25, 0.3) is 0 Å². The minimum Gasteiger partial charge on any atom is -0.444 e. The maximum atomic E-state index is 14.2. The zero-order valence-electron chi connectivity index (χ0n) is 80.5. The molecule has 125 heavy (non-hydrogen) atoms. The van der Waals surface area contributed by atoms with Gasteiger partial charge in [0.1, 0.15) is 23.3 Å². The van der Waals surface area contributed by atoms with E-state index in [2.05, 4.69) is 142 Å². The standard InChI is InChI=1S/C57H98N3O9PSi.C41H80N3O9P/c1-10-13-15-17-19-21-22-24-25-27-31-37-49(69-71(57(7,8)9,50-38-32-29-33-39-50)51-40-34-30-35-41-51)43-44-58-54(62)52(60-53(61)42-36-28-26-23-20-18-16-14-11-2)48-67-70(64,65-46-12-3)66-47-45-59-55(63)68-56(4,5)6;1-7-10-12-14-16-18-19-21-22-24-26-28-36(45)30-31-42-39(47)37(44-38(46)29-27-25-23-20-17-15-13-11-8-2)35-52-54(49,50-33-9-3)51-34-32-43-40(48)53-41(4,5)6/h12,29-30,32-35,38-41,49,52H,3,10-11,13-28,31,36-37,42-48H2,1-2,4-9H3,(H,58,62)(H,59,63)(H,60,61);9,36-37,45H,3,7-8,10-35H2,1-2,4-6H3,(H,42,47)(H,43,48)(H,44,46)/t49?,52-,70?;36?,37-,54?/m00/s1. The molecule has 0 saturated carbocycles. The number of hydrogen-bond acceptors (Lipinski definition) is 18. The van der Waals surface area contributed by atoms with E-state index in [0.717, 1.165) is 70.6 Å². The number of ether oxygens (including phenoxy) is 2. The zero-order valence-corrected chi connectivity index (χ0v) is 83.3. The number of carbonyl (C=O) groups is 6. The van der Waals surface area contributed by atoms with Crippen LogP contribution < -0.4 is 42.3 Å². The number of carbonyl (C=O) groups excluding carboxylic acids is 6. The number of unbranched alkanes of at least 4 members (excludes halogenated alkanes) is 36. The molecule has 0 aromatic heterocycles. The molecule has 0 aliphatic carbocycles. The summed E-state index contributed by atoms with van der Waals surface area (Å²) in [5, 5.41) is 29.2. The smallest absolute Gasteiger partial charge is 0.444 e. The molecule has 2 rings (SSSR count). The summed E-state index contributed by atoms with van der Waals surface area (Å²) in [6, 6.07) is 18.9. The molecule has 6 atom stereocenters. The van der Waals surface area contributed by atoms with E-state index in [0.29, 0.717) is 32.1 Å². The lowest BCUT2D eigenvalue weighted by Crippen LogP contribution is -2.67. The SMILES string of the molecule is C=CCOP(=O)(OCCNC(=O)OC(C)(C)C)OC[C@H](NC(=O)CCCCCCCCCCC)C(=O)NCCC(CCCCCCCCCCCCC)O[Si](c1ccccc1)(c1ccccc1)C(C)(C)C.C=CCOP(=O)(OCCNC(=O)OC(C)(C)C)OC[C@H](NC(=O)CCCCCCCCCCC)C(=O)NCCC(O)CCCCCCCCCCCCC. The van der Waals surface area contributed by atoms with Gasteiger partial charge in [-0.25, -0.2) is 18.7 Å². The Morgan fingerprint density at radius 1 is 0.384 bits per heavy atom. The van der Waals surface area contributed by atoms with Gasteiger partial charge in [-0.05, 0) is 95.5 Å². The number of benzene rings is 2. The third-order valence-electron chi connectivity index (χ3n) is 21.4. The van der Waals surface area contributed by atoms with Crippen LogP contribution in [0, 0.1) is 0 Å². The summed E-state index contributed by atoms with van der Waals surface area (Å²) < 4.78 is 78.5. The Morgan fingerprint density at radius 2 is 0.688 bits per heavy atom. The largest absolute Gasteiger partial charge is 0.475 e. The third-order valence-corrected chi connectivity index (χ3v) is 29.4. The fourth-order valence-electron chi connectivity index (χ4n) is 14.6. The minimum atomic E-state index is -4.30. The Morgan fingerprint density at radius 3 is 1.00 bits per heavy atom. The molecule has 0 aliphatic rings. The predicted molar refractivity (Wildman–Crippen MR) is 513 cm³/mol. The van der Waals surface area contributed by atoms with Crippen molar-refractivity contribution in [3.8, 4) is 0 Å². The summed E-state index contributed by atoms with van der Waals surface area (Å²) in [6.07, 6.45) is 50.9. The van der Waals surface area contributed by atoms with Crippen LogP contribution in [0.15, 0.2) is 86.0 Å². The lowest BCUT2D eigenvalue weighted by molar-refractivity contribution is -0.130. The van der Waals surface area contributed by atoms with Gasteiger partial charge in [-0.2, -0.15) is 0 Å². The van der Waals surface area contributed by atoms with E-state index >= 15 is 0 Å². The van der Waals surface area contributed by atoms with Crippen LogP contribution in [0.2, 0.25) is 5.04 Å². The number of aliphatic hydroxyl groups is 1. The molecule has 722 valence electrons. The van der Waals surface area contributed by atoms with E-state index in [1.54, 1.807) is 41.5 Å². The van der Waals surface area contributed by atoms with Gasteiger partial charge in [0.2, 0.25) is 23.6 Å². The fraction of sp³-hybridized carbons (Fsp3) is 0.776. The van der Waals surface area contributed by atoms with Gasteiger partial charge in [-0.15, -0.1) is 13.2 Å². The van der Waals surface area contributed by atoms with E-state index < -0.39 is 90.6 Å². The normalized spacial score (nSPS) is 13.8. The van der Waals surface area contributed by atoms with Crippen molar-refractivity contribution >= 4 is 70.2 Å². The van der Waals surface area contributed by atoms with Crippen LogP contribution in [-0.4, -0.2) is 151 Å². The van der Waals surface area contributed by atoms with Crippen molar-refractivity contribution in [3.63, 3.8) is 0 Å². The number of nitrogens with one attached hydrogen (secondary N) is 6. The molecule has 0 radical (unpaired) electrons. The number of phosphoric acid groups is 2. The van der Waals surface area contributed by atoms with Gasteiger partial charge < -0.3 is 50.9 Å². The lowest BCUT2D eigenvalue weighted by atomic mass is 10.0. The summed E-state index contributed by atoms with van der Waals surface area (Å²) in [4.78, 5) is 78.1. The fourth-order valence-corrected chi connectivity index (χ4v) is 21.6. The molecule has 0 heterocycles. The summed E-state index contributed by atoms with van der Waals surface area (Å²) in [5.74, 6) is -1.63.